The molecule has 0 aliphatic carbocycles. The molecule has 120 valence electrons. The van der Waals surface area contributed by atoms with Crippen LogP contribution in [0.2, 0.25) is 0 Å². The molecule has 0 spiro atoms. The molecule has 1 amide bonds. The maximum Gasteiger partial charge on any atom is 0.268 e. The molecule has 0 fully saturated rings. The van der Waals surface area contributed by atoms with E-state index in [1.807, 2.05) is 17.7 Å². The fourth-order valence-electron chi connectivity index (χ4n) is 2.28. The fraction of sp³-hybridized carbons (Fsp3) is 0.562. The number of carbonyl (C=O) groups excluding carboxylic acids is 1. The van der Waals surface area contributed by atoms with Gasteiger partial charge in [-0.15, -0.1) is 11.3 Å². The second kappa shape index (κ2) is 6.20. The van der Waals surface area contributed by atoms with Gasteiger partial charge in [0, 0.05) is 11.8 Å². The smallest absolute Gasteiger partial charge is 0.268 e. The minimum atomic E-state index is -0.131. The van der Waals surface area contributed by atoms with Crippen molar-refractivity contribution in [2.24, 2.45) is 0 Å². The first kappa shape index (κ1) is 16.7. The topological polar surface area (TPSA) is 59.8 Å². The number of aromatic nitrogens is 3. The van der Waals surface area contributed by atoms with Crippen molar-refractivity contribution in [3.63, 3.8) is 0 Å². The summed E-state index contributed by atoms with van der Waals surface area (Å²) in [4.78, 5) is 17.3. The number of rotatable bonds is 4. The lowest BCUT2D eigenvalue weighted by Gasteiger charge is -2.23. The van der Waals surface area contributed by atoms with Crippen LogP contribution in [0.25, 0.3) is 0 Å². The normalized spacial score (nSPS) is 12.0. The minimum Gasteiger partial charge on any atom is -0.304 e. The van der Waals surface area contributed by atoms with Gasteiger partial charge in [-0.1, -0.05) is 20.8 Å². The molecule has 5 nitrogen and oxygen atoms in total. The van der Waals surface area contributed by atoms with E-state index in [2.05, 4.69) is 50.0 Å². The van der Waals surface area contributed by atoms with Gasteiger partial charge in [-0.2, -0.15) is 5.10 Å². The van der Waals surface area contributed by atoms with Gasteiger partial charge < -0.3 is 5.32 Å². The standard InChI is InChI=1S/C16H24N4OS/c1-7-11-14(22-9-17-11)15(21)18-13-8-12(10(2)3)20(19-13)16(4,5)6/h8-10H,7H2,1-6H3,(H,18,19,21). The Kier molecular flexibility index (Phi) is 4.70. The van der Waals surface area contributed by atoms with Crippen LogP contribution in [0.4, 0.5) is 5.82 Å². The van der Waals surface area contributed by atoms with Crippen LogP contribution < -0.4 is 5.32 Å². The lowest BCUT2D eigenvalue weighted by Crippen LogP contribution is -2.26. The number of anilines is 1. The molecule has 2 rings (SSSR count). The summed E-state index contributed by atoms with van der Waals surface area (Å²) in [6, 6.07) is 1.96. The zero-order valence-corrected chi connectivity index (χ0v) is 14.9. The summed E-state index contributed by atoms with van der Waals surface area (Å²) in [6.07, 6.45) is 0.750. The van der Waals surface area contributed by atoms with Crippen LogP contribution in [0.3, 0.4) is 0 Å². The first-order chi connectivity index (χ1) is 10.2. The number of aryl methyl sites for hydroxylation is 1. The third-order valence-electron chi connectivity index (χ3n) is 3.39. The quantitative estimate of drug-likeness (QED) is 0.925. The zero-order valence-electron chi connectivity index (χ0n) is 14.1. The number of hydrogen-bond acceptors (Lipinski definition) is 4. The molecule has 6 heteroatoms. The first-order valence-corrected chi connectivity index (χ1v) is 8.46. The van der Waals surface area contributed by atoms with Gasteiger partial charge in [0.2, 0.25) is 0 Å². The Morgan fingerprint density at radius 2 is 2.09 bits per heavy atom. The third-order valence-corrected chi connectivity index (χ3v) is 4.26. The van der Waals surface area contributed by atoms with E-state index < -0.39 is 0 Å². The Morgan fingerprint density at radius 3 is 2.59 bits per heavy atom. The minimum absolute atomic E-state index is 0.123. The number of hydrogen-bond donors (Lipinski definition) is 1. The second-order valence-corrected chi connectivity index (χ2v) is 7.48. The van der Waals surface area contributed by atoms with Crippen molar-refractivity contribution >= 4 is 23.1 Å². The summed E-state index contributed by atoms with van der Waals surface area (Å²) >= 11 is 1.37. The van der Waals surface area contributed by atoms with Crippen LogP contribution in [0.5, 0.6) is 0 Å². The molecule has 0 aliphatic rings. The van der Waals surface area contributed by atoms with E-state index in [1.54, 1.807) is 5.51 Å². The van der Waals surface area contributed by atoms with Gasteiger partial charge in [0.15, 0.2) is 5.82 Å². The summed E-state index contributed by atoms with van der Waals surface area (Å²) in [5.74, 6) is 0.805. The number of thiazole rings is 1. The molecule has 2 aromatic heterocycles. The highest BCUT2D eigenvalue weighted by Gasteiger charge is 2.22. The molecular weight excluding hydrogens is 296 g/mol. The molecule has 0 aromatic carbocycles. The van der Waals surface area contributed by atoms with E-state index in [4.69, 9.17) is 0 Å². The van der Waals surface area contributed by atoms with Gasteiger partial charge in [-0.25, -0.2) is 4.98 Å². The number of carbonyl (C=O) groups is 1. The van der Waals surface area contributed by atoms with E-state index >= 15 is 0 Å². The summed E-state index contributed by atoms with van der Waals surface area (Å²) in [6.45, 7) is 12.6. The Morgan fingerprint density at radius 1 is 1.41 bits per heavy atom. The Hall–Kier alpha value is -1.69. The van der Waals surface area contributed by atoms with Crippen LogP contribution >= 0.6 is 11.3 Å². The van der Waals surface area contributed by atoms with Gasteiger partial charge in [0.1, 0.15) is 4.88 Å². The average Bonchev–Trinajstić information content (AvgIpc) is 3.03. The molecule has 0 saturated carbocycles. The van der Waals surface area contributed by atoms with Crippen molar-refractivity contribution in [3.8, 4) is 0 Å². The third kappa shape index (κ3) is 3.38. The molecule has 2 heterocycles. The van der Waals surface area contributed by atoms with Crippen LogP contribution in [-0.2, 0) is 12.0 Å². The Balaban J connectivity index is 2.29. The molecule has 0 bridgehead atoms. The van der Waals surface area contributed by atoms with Gasteiger partial charge >= 0.3 is 0 Å². The predicted octanol–water partition coefficient (Wildman–Crippen LogP) is 4.03. The lowest BCUT2D eigenvalue weighted by molar-refractivity contribution is 0.102. The fourth-order valence-corrected chi connectivity index (χ4v) is 3.06. The van der Waals surface area contributed by atoms with Crippen LogP contribution in [-0.4, -0.2) is 20.7 Å². The number of nitrogens with one attached hydrogen (secondary N) is 1. The first-order valence-electron chi connectivity index (χ1n) is 7.58. The maximum absolute atomic E-state index is 12.4. The van der Waals surface area contributed by atoms with Gasteiger partial charge in [-0.05, 0) is 33.1 Å². The van der Waals surface area contributed by atoms with E-state index in [0.29, 0.717) is 16.6 Å². The molecule has 0 unspecified atom stereocenters. The van der Waals surface area contributed by atoms with Crippen molar-refractivity contribution < 1.29 is 4.79 Å². The summed E-state index contributed by atoms with van der Waals surface area (Å²) < 4.78 is 1.99. The van der Waals surface area contributed by atoms with E-state index in [-0.39, 0.29) is 11.4 Å². The van der Waals surface area contributed by atoms with Crippen LogP contribution in [0, 0.1) is 0 Å². The molecule has 0 aliphatic heterocycles. The zero-order chi connectivity index (χ0) is 16.5. The second-order valence-electron chi connectivity index (χ2n) is 6.63. The van der Waals surface area contributed by atoms with Gasteiger partial charge in [-0.3, -0.25) is 9.48 Å². The predicted molar refractivity (Wildman–Crippen MR) is 90.8 cm³/mol. The monoisotopic (exact) mass is 320 g/mol. The molecular formula is C16H24N4OS. The van der Waals surface area contributed by atoms with Crippen molar-refractivity contribution in [2.75, 3.05) is 5.32 Å². The average molecular weight is 320 g/mol. The molecule has 0 atom stereocenters. The van der Waals surface area contributed by atoms with Crippen molar-refractivity contribution in [2.45, 2.75) is 59.4 Å². The summed E-state index contributed by atoms with van der Waals surface area (Å²) in [7, 11) is 0. The van der Waals surface area contributed by atoms with Crippen molar-refractivity contribution in [3.05, 3.63) is 27.8 Å². The maximum atomic E-state index is 12.4. The van der Waals surface area contributed by atoms with Gasteiger partial charge in [0.25, 0.3) is 5.91 Å². The largest absolute Gasteiger partial charge is 0.304 e. The number of amides is 1. The van der Waals surface area contributed by atoms with Gasteiger partial charge in [0.05, 0.1) is 16.7 Å². The lowest BCUT2D eigenvalue weighted by atomic mass is 10.1. The Labute approximate surface area is 135 Å². The van der Waals surface area contributed by atoms with E-state index in [9.17, 15) is 4.79 Å². The highest BCUT2D eigenvalue weighted by atomic mass is 32.1. The SMILES string of the molecule is CCc1ncsc1C(=O)Nc1cc(C(C)C)n(C(C)(C)C)n1. The molecule has 0 radical (unpaired) electrons. The summed E-state index contributed by atoms with van der Waals surface area (Å²) in [5.41, 5.74) is 3.53. The molecule has 1 N–H and O–H groups in total. The van der Waals surface area contributed by atoms with Crippen molar-refractivity contribution in [1.29, 1.82) is 0 Å². The van der Waals surface area contributed by atoms with Crippen LogP contribution in [0.1, 0.15) is 68.5 Å². The van der Waals surface area contributed by atoms with E-state index in [0.717, 1.165) is 17.8 Å². The van der Waals surface area contributed by atoms with Crippen molar-refractivity contribution in [1.82, 2.24) is 14.8 Å². The molecule has 22 heavy (non-hydrogen) atoms. The summed E-state index contributed by atoms with van der Waals surface area (Å²) in [5, 5.41) is 7.48. The van der Waals surface area contributed by atoms with Crippen LogP contribution in [0.15, 0.2) is 11.6 Å². The van der Waals surface area contributed by atoms with E-state index in [1.165, 1.54) is 11.3 Å². The molecule has 2 aromatic rings. The highest BCUT2D eigenvalue weighted by Crippen LogP contribution is 2.26. The highest BCUT2D eigenvalue weighted by molar-refractivity contribution is 7.12. The Bertz CT molecular complexity index is 664. The number of nitrogens with zero attached hydrogens (tertiary/aromatic N) is 3. The molecule has 0 saturated heterocycles.